The number of rotatable bonds is 1. The summed E-state index contributed by atoms with van der Waals surface area (Å²) in [5.74, 6) is 5.99. The van der Waals surface area contributed by atoms with Gasteiger partial charge in [0.15, 0.2) is 0 Å². The Labute approximate surface area is 103 Å². The second-order valence-corrected chi connectivity index (χ2v) is 5.26. The Morgan fingerprint density at radius 2 is 2.00 bits per heavy atom. The third-order valence-electron chi connectivity index (χ3n) is 4.15. The smallest absolute Gasteiger partial charge is 0.0570 e. The molecule has 0 aliphatic carbocycles. The molecule has 92 valence electrons. The van der Waals surface area contributed by atoms with Gasteiger partial charge >= 0.3 is 0 Å². The van der Waals surface area contributed by atoms with Crippen LogP contribution in [0.15, 0.2) is 18.2 Å². The molecule has 0 spiro atoms. The quantitative estimate of drug-likeness (QED) is 0.753. The Morgan fingerprint density at radius 1 is 1.18 bits per heavy atom. The van der Waals surface area contributed by atoms with Gasteiger partial charge in [0.25, 0.3) is 0 Å². The third kappa shape index (κ3) is 1.78. The lowest BCUT2D eigenvalue weighted by atomic mass is 10.0. The van der Waals surface area contributed by atoms with Crippen LogP contribution in [0, 0.1) is 0 Å². The van der Waals surface area contributed by atoms with Crippen LogP contribution in [0.5, 0.6) is 0 Å². The number of fused-ring (bicyclic) bond motifs is 1. The fraction of sp³-hybridized carbons (Fsp3) is 0.571. The van der Waals surface area contributed by atoms with E-state index in [0.29, 0.717) is 6.04 Å². The first-order valence-corrected chi connectivity index (χ1v) is 6.68. The highest BCUT2D eigenvalue weighted by molar-refractivity contribution is 5.70. The summed E-state index contributed by atoms with van der Waals surface area (Å²) in [5.41, 5.74) is 4.09. The van der Waals surface area contributed by atoms with E-state index in [1.807, 2.05) is 5.01 Å². The van der Waals surface area contributed by atoms with Crippen LogP contribution in [0.1, 0.15) is 31.7 Å². The zero-order valence-electron chi connectivity index (χ0n) is 10.5. The second kappa shape index (κ2) is 4.22. The van der Waals surface area contributed by atoms with E-state index in [9.17, 15) is 0 Å². The van der Waals surface area contributed by atoms with Gasteiger partial charge in [0.05, 0.1) is 5.69 Å². The first kappa shape index (κ1) is 10.9. The third-order valence-corrected chi connectivity index (χ3v) is 4.15. The lowest BCUT2D eigenvalue weighted by Crippen LogP contribution is -2.37. The summed E-state index contributed by atoms with van der Waals surface area (Å²) >= 11 is 0. The van der Waals surface area contributed by atoms with Crippen LogP contribution >= 0.6 is 0 Å². The zero-order valence-corrected chi connectivity index (χ0v) is 10.5. The molecule has 3 heteroatoms. The number of benzene rings is 1. The van der Waals surface area contributed by atoms with Crippen molar-refractivity contribution in [3.05, 3.63) is 23.8 Å². The lowest BCUT2D eigenvalue weighted by Gasteiger charge is -2.36. The Morgan fingerprint density at radius 3 is 2.82 bits per heavy atom. The minimum absolute atomic E-state index is 0.669. The Bertz CT molecular complexity index is 416. The van der Waals surface area contributed by atoms with Gasteiger partial charge in [-0.15, -0.1) is 0 Å². The van der Waals surface area contributed by atoms with E-state index in [4.69, 9.17) is 5.84 Å². The minimum atomic E-state index is 0.669. The van der Waals surface area contributed by atoms with Gasteiger partial charge in [0.1, 0.15) is 0 Å². The molecule has 0 amide bonds. The van der Waals surface area contributed by atoms with Gasteiger partial charge in [0, 0.05) is 30.4 Å². The van der Waals surface area contributed by atoms with Gasteiger partial charge in [-0.1, -0.05) is 6.07 Å². The molecule has 17 heavy (non-hydrogen) atoms. The fourth-order valence-electron chi connectivity index (χ4n) is 3.17. The van der Waals surface area contributed by atoms with E-state index in [1.54, 1.807) is 0 Å². The second-order valence-electron chi connectivity index (χ2n) is 5.26. The molecule has 2 aliphatic rings. The molecule has 0 bridgehead atoms. The van der Waals surface area contributed by atoms with Crippen molar-refractivity contribution in [3.63, 3.8) is 0 Å². The highest BCUT2D eigenvalue weighted by Gasteiger charge is 2.25. The van der Waals surface area contributed by atoms with Crippen LogP contribution in [0.3, 0.4) is 0 Å². The van der Waals surface area contributed by atoms with E-state index >= 15 is 0 Å². The van der Waals surface area contributed by atoms with Gasteiger partial charge in [-0.05, 0) is 44.7 Å². The van der Waals surface area contributed by atoms with E-state index in [-0.39, 0.29) is 0 Å². The van der Waals surface area contributed by atoms with Crippen molar-refractivity contribution < 1.29 is 0 Å². The molecular formula is C14H21N3. The summed E-state index contributed by atoms with van der Waals surface area (Å²) in [7, 11) is 0. The summed E-state index contributed by atoms with van der Waals surface area (Å²) in [6.45, 7) is 4.49. The van der Waals surface area contributed by atoms with Gasteiger partial charge in [0.2, 0.25) is 0 Å². The molecular weight excluding hydrogens is 210 g/mol. The number of nitrogens with two attached hydrogens (primary N) is 1. The topological polar surface area (TPSA) is 32.5 Å². The average Bonchev–Trinajstić information content (AvgIpc) is 2.72. The predicted molar refractivity (Wildman–Crippen MR) is 72.3 cm³/mol. The molecule has 1 saturated heterocycles. The highest BCUT2D eigenvalue weighted by Crippen LogP contribution is 2.36. The van der Waals surface area contributed by atoms with Crippen LogP contribution in [0.4, 0.5) is 11.4 Å². The average molecular weight is 231 g/mol. The largest absolute Gasteiger partial charge is 0.369 e. The summed E-state index contributed by atoms with van der Waals surface area (Å²) in [5, 5.41) is 1.88. The monoisotopic (exact) mass is 231 g/mol. The maximum Gasteiger partial charge on any atom is 0.0570 e. The Kier molecular flexibility index (Phi) is 2.71. The maximum absolute atomic E-state index is 5.99. The molecule has 0 aromatic heterocycles. The van der Waals surface area contributed by atoms with E-state index in [0.717, 1.165) is 13.0 Å². The molecule has 2 N–H and O–H groups in total. The van der Waals surface area contributed by atoms with Crippen molar-refractivity contribution in [2.45, 2.75) is 38.6 Å². The van der Waals surface area contributed by atoms with Crippen molar-refractivity contribution in [1.82, 2.24) is 0 Å². The summed E-state index contributed by atoms with van der Waals surface area (Å²) in [6, 6.07) is 7.21. The van der Waals surface area contributed by atoms with Crippen LogP contribution in [0.2, 0.25) is 0 Å². The van der Waals surface area contributed by atoms with Crippen LogP contribution in [-0.4, -0.2) is 19.1 Å². The SMILES string of the molecule is CC1CCCCN1c1cccc2c1CCN2N. The van der Waals surface area contributed by atoms with Crippen molar-refractivity contribution in [2.75, 3.05) is 23.0 Å². The van der Waals surface area contributed by atoms with Crippen LogP contribution < -0.4 is 15.8 Å². The summed E-state index contributed by atoms with van der Waals surface area (Å²) < 4.78 is 0. The number of nitrogens with zero attached hydrogens (tertiary/aromatic N) is 2. The number of piperidine rings is 1. The van der Waals surface area contributed by atoms with Gasteiger partial charge in [-0.3, -0.25) is 0 Å². The molecule has 1 aromatic rings. The standard InChI is InChI=1S/C14H21N3/c1-11-5-2-3-9-16(11)13-6-4-7-14-12(13)8-10-17(14)15/h4,6-7,11H,2-3,5,8-10,15H2,1H3. The molecule has 2 aliphatic heterocycles. The predicted octanol–water partition coefficient (Wildman–Crippen LogP) is 2.30. The van der Waals surface area contributed by atoms with Crippen molar-refractivity contribution in [1.29, 1.82) is 0 Å². The highest BCUT2D eigenvalue weighted by atomic mass is 15.4. The molecule has 1 unspecified atom stereocenters. The molecule has 1 atom stereocenters. The Balaban J connectivity index is 1.98. The van der Waals surface area contributed by atoms with E-state index < -0.39 is 0 Å². The number of hydrogen-bond acceptors (Lipinski definition) is 3. The molecule has 0 saturated carbocycles. The van der Waals surface area contributed by atoms with Gasteiger partial charge < -0.3 is 9.91 Å². The maximum atomic E-state index is 5.99. The molecule has 2 heterocycles. The number of hydrogen-bond donors (Lipinski definition) is 1. The van der Waals surface area contributed by atoms with Crippen LogP contribution in [-0.2, 0) is 6.42 Å². The molecule has 1 aromatic carbocycles. The number of anilines is 2. The molecule has 3 nitrogen and oxygen atoms in total. The normalized spacial score (nSPS) is 24.0. The first-order chi connectivity index (χ1) is 8.27. The fourth-order valence-corrected chi connectivity index (χ4v) is 3.17. The van der Waals surface area contributed by atoms with Crippen molar-refractivity contribution in [2.24, 2.45) is 5.84 Å². The van der Waals surface area contributed by atoms with Crippen molar-refractivity contribution >= 4 is 11.4 Å². The summed E-state index contributed by atoms with van der Waals surface area (Å²) in [4.78, 5) is 2.57. The first-order valence-electron chi connectivity index (χ1n) is 6.68. The van der Waals surface area contributed by atoms with E-state index in [1.165, 1.54) is 42.7 Å². The zero-order chi connectivity index (χ0) is 11.8. The minimum Gasteiger partial charge on any atom is -0.369 e. The van der Waals surface area contributed by atoms with Gasteiger partial charge in [-0.2, -0.15) is 0 Å². The summed E-state index contributed by atoms with van der Waals surface area (Å²) in [6.07, 6.45) is 5.09. The van der Waals surface area contributed by atoms with E-state index in [2.05, 4.69) is 30.0 Å². The molecule has 3 rings (SSSR count). The van der Waals surface area contributed by atoms with Crippen molar-refractivity contribution in [3.8, 4) is 0 Å². The lowest BCUT2D eigenvalue weighted by molar-refractivity contribution is 0.484. The Hall–Kier alpha value is -1.22. The number of hydrazine groups is 1. The van der Waals surface area contributed by atoms with Gasteiger partial charge in [-0.25, -0.2) is 5.84 Å². The van der Waals surface area contributed by atoms with Crippen LogP contribution in [0.25, 0.3) is 0 Å². The molecule has 1 fully saturated rings. The molecule has 0 radical (unpaired) electrons.